The molecule has 1 aliphatic rings. The van der Waals surface area contributed by atoms with Gasteiger partial charge < -0.3 is 14.7 Å². The molecule has 0 radical (unpaired) electrons. The lowest BCUT2D eigenvalue weighted by atomic mass is 10.1. The molecule has 2 rings (SSSR count). The van der Waals surface area contributed by atoms with Crippen molar-refractivity contribution < 1.29 is 14.6 Å². The Morgan fingerprint density at radius 3 is 2.94 bits per heavy atom. The van der Waals surface area contributed by atoms with E-state index in [-0.39, 0.29) is 11.8 Å². The molecule has 16 heavy (non-hydrogen) atoms. The van der Waals surface area contributed by atoms with Gasteiger partial charge in [-0.05, 0) is 18.0 Å². The van der Waals surface area contributed by atoms with Gasteiger partial charge in [0.25, 0.3) is 0 Å². The summed E-state index contributed by atoms with van der Waals surface area (Å²) in [5, 5.41) is 8.95. The fourth-order valence-electron chi connectivity index (χ4n) is 1.70. The summed E-state index contributed by atoms with van der Waals surface area (Å²) >= 11 is 5.72. The fraction of sp³-hybridized carbons (Fsp3) is 0.444. The summed E-state index contributed by atoms with van der Waals surface area (Å²) < 4.78 is 5.09. The van der Waals surface area contributed by atoms with Gasteiger partial charge in [-0.25, -0.2) is 9.78 Å². The fourth-order valence-corrected chi connectivity index (χ4v) is 1.88. The minimum absolute atomic E-state index is 0.0721. The molecule has 7 heteroatoms. The standard InChI is InChI=1S/C9H10ClN3O3/c1-16-7-5-2-3-13(9(14)15)4-6(5)11-8(10)12-7/h2-4H2,1H3,(H,14,15). The highest BCUT2D eigenvalue weighted by Gasteiger charge is 2.25. The molecule has 0 saturated heterocycles. The number of hydrogen-bond acceptors (Lipinski definition) is 4. The monoisotopic (exact) mass is 243 g/mol. The van der Waals surface area contributed by atoms with E-state index in [2.05, 4.69) is 9.97 Å². The number of aromatic nitrogens is 2. The minimum atomic E-state index is -0.959. The van der Waals surface area contributed by atoms with Crippen LogP contribution in [0.15, 0.2) is 0 Å². The van der Waals surface area contributed by atoms with Crippen molar-refractivity contribution in [3.63, 3.8) is 0 Å². The first-order chi connectivity index (χ1) is 7.61. The number of methoxy groups -OCH3 is 1. The maximum absolute atomic E-state index is 10.8. The maximum Gasteiger partial charge on any atom is 0.407 e. The molecule has 0 unspecified atom stereocenters. The molecular weight excluding hydrogens is 234 g/mol. The molecular formula is C9H10ClN3O3. The summed E-state index contributed by atoms with van der Waals surface area (Å²) in [5.41, 5.74) is 1.45. The van der Waals surface area contributed by atoms with Gasteiger partial charge in [0.15, 0.2) is 0 Å². The summed E-state index contributed by atoms with van der Waals surface area (Å²) in [7, 11) is 1.50. The van der Waals surface area contributed by atoms with Crippen molar-refractivity contribution >= 4 is 17.7 Å². The number of nitrogens with zero attached hydrogens (tertiary/aromatic N) is 3. The first kappa shape index (κ1) is 10.9. The van der Waals surface area contributed by atoms with Crippen LogP contribution in [0.5, 0.6) is 5.88 Å². The Balaban J connectivity index is 2.38. The molecule has 1 aliphatic heterocycles. The second kappa shape index (κ2) is 4.13. The number of carboxylic acid groups (broad SMARTS) is 1. The zero-order valence-corrected chi connectivity index (χ0v) is 9.36. The smallest absolute Gasteiger partial charge is 0.407 e. The Kier molecular flexibility index (Phi) is 2.82. The normalized spacial score (nSPS) is 14.5. The second-order valence-corrected chi connectivity index (χ2v) is 3.72. The highest BCUT2D eigenvalue weighted by Crippen LogP contribution is 2.26. The first-order valence-corrected chi connectivity index (χ1v) is 5.06. The van der Waals surface area contributed by atoms with Gasteiger partial charge in [0.2, 0.25) is 11.2 Å². The van der Waals surface area contributed by atoms with Crippen LogP contribution in [0.3, 0.4) is 0 Å². The van der Waals surface area contributed by atoms with Crippen molar-refractivity contribution in [2.75, 3.05) is 13.7 Å². The van der Waals surface area contributed by atoms with Gasteiger partial charge in [-0.2, -0.15) is 4.98 Å². The lowest BCUT2D eigenvalue weighted by Crippen LogP contribution is -2.35. The molecule has 2 heterocycles. The van der Waals surface area contributed by atoms with Crippen molar-refractivity contribution in [3.8, 4) is 5.88 Å². The van der Waals surface area contributed by atoms with E-state index >= 15 is 0 Å². The van der Waals surface area contributed by atoms with Crippen LogP contribution in [0, 0.1) is 0 Å². The van der Waals surface area contributed by atoms with Crippen LogP contribution in [-0.4, -0.2) is 39.7 Å². The molecule has 0 spiro atoms. The van der Waals surface area contributed by atoms with Crippen LogP contribution in [0.25, 0.3) is 0 Å². The van der Waals surface area contributed by atoms with E-state index < -0.39 is 6.09 Å². The third kappa shape index (κ3) is 1.88. The quantitative estimate of drug-likeness (QED) is 0.750. The minimum Gasteiger partial charge on any atom is -0.481 e. The van der Waals surface area contributed by atoms with Crippen LogP contribution in [-0.2, 0) is 13.0 Å². The van der Waals surface area contributed by atoms with Crippen molar-refractivity contribution in [1.29, 1.82) is 0 Å². The third-order valence-corrected chi connectivity index (χ3v) is 2.63. The number of rotatable bonds is 1. The molecule has 6 nitrogen and oxygen atoms in total. The first-order valence-electron chi connectivity index (χ1n) is 4.69. The molecule has 0 aliphatic carbocycles. The second-order valence-electron chi connectivity index (χ2n) is 3.38. The van der Waals surface area contributed by atoms with Crippen molar-refractivity contribution in [2.24, 2.45) is 0 Å². The molecule has 0 bridgehead atoms. The SMILES string of the molecule is COc1nc(Cl)nc2c1CCN(C(=O)O)C2. The molecule has 1 aromatic rings. The molecule has 0 fully saturated rings. The lowest BCUT2D eigenvalue weighted by Gasteiger charge is -2.26. The summed E-state index contributed by atoms with van der Waals surface area (Å²) in [4.78, 5) is 20.1. The number of halogens is 1. The summed E-state index contributed by atoms with van der Waals surface area (Å²) in [6, 6.07) is 0. The largest absolute Gasteiger partial charge is 0.481 e. The number of amides is 1. The van der Waals surface area contributed by atoms with E-state index in [1.165, 1.54) is 12.0 Å². The highest BCUT2D eigenvalue weighted by molar-refractivity contribution is 6.28. The van der Waals surface area contributed by atoms with Gasteiger partial charge >= 0.3 is 6.09 Å². The van der Waals surface area contributed by atoms with Gasteiger partial charge in [0, 0.05) is 12.1 Å². The Labute approximate surface area is 96.8 Å². The molecule has 1 aromatic heterocycles. The molecule has 0 aromatic carbocycles. The summed E-state index contributed by atoms with van der Waals surface area (Å²) in [5.74, 6) is 0.431. The Morgan fingerprint density at radius 2 is 2.31 bits per heavy atom. The Morgan fingerprint density at radius 1 is 1.56 bits per heavy atom. The maximum atomic E-state index is 10.8. The van der Waals surface area contributed by atoms with Gasteiger partial charge in [-0.15, -0.1) is 0 Å². The average Bonchev–Trinajstić information content (AvgIpc) is 2.26. The topological polar surface area (TPSA) is 75.6 Å². The zero-order valence-electron chi connectivity index (χ0n) is 8.60. The van der Waals surface area contributed by atoms with E-state index in [0.717, 1.165) is 5.56 Å². The van der Waals surface area contributed by atoms with Crippen LogP contribution in [0.1, 0.15) is 11.3 Å². The van der Waals surface area contributed by atoms with Crippen molar-refractivity contribution in [3.05, 3.63) is 16.5 Å². The highest BCUT2D eigenvalue weighted by atomic mass is 35.5. The zero-order chi connectivity index (χ0) is 11.7. The van der Waals surface area contributed by atoms with Gasteiger partial charge in [0.1, 0.15) is 0 Å². The number of carbonyl (C=O) groups is 1. The number of hydrogen-bond donors (Lipinski definition) is 1. The van der Waals surface area contributed by atoms with E-state index in [0.29, 0.717) is 24.5 Å². The van der Waals surface area contributed by atoms with E-state index in [1.54, 1.807) is 0 Å². The van der Waals surface area contributed by atoms with Crippen LogP contribution < -0.4 is 4.74 Å². The lowest BCUT2D eigenvalue weighted by molar-refractivity contribution is 0.138. The van der Waals surface area contributed by atoms with Gasteiger partial charge in [0.05, 0.1) is 19.3 Å². The van der Waals surface area contributed by atoms with Gasteiger partial charge in [-0.1, -0.05) is 0 Å². The molecule has 86 valence electrons. The average molecular weight is 244 g/mol. The Bertz CT molecular complexity index is 438. The Hall–Kier alpha value is -1.56. The van der Waals surface area contributed by atoms with Crippen LogP contribution in [0.4, 0.5) is 4.79 Å². The van der Waals surface area contributed by atoms with E-state index in [4.69, 9.17) is 21.4 Å². The van der Waals surface area contributed by atoms with E-state index in [9.17, 15) is 4.79 Å². The predicted octanol–water partition coefficient (Wildman–Crippen LogP) is 1.17. The number of ether oxygens (including phenoxy) is 1. The molecule has 1 amide bonds. The predicted molar refractivity (Wildman–Crippen MR) is 55.7 cm³/mol. The van der Waals surface area contributed by atoms with Crippen molar-refractivity contribution in [2.45, 2.75) is 13.0 Å². The molecule has 1 N–H and O–H groups in total. The molecule has 0 saturated carbocycles. The summed E-state index contributed by atoms with van der Waals surface area (Å²) in [6.45, 7) is 0.646. The van der Waals surface area contributed by atoms with E-state index in [1.807, 2.05) is 0 Å². The van der Waals surface area contributed by atoms with Crippen LogP contribution >= 0.6 is 11.6 Å². The molecule has 0 atom stereocenters. The van der Waals surface area contributed by atoms with Crippen molar-refractivity contribution in [1.82, 2.24) is 14.9 Å². The van der Waals surface area contributed by atoms with Gasteiger partial charge in [-0.3, -0.25) is 0 Å². The summed E-state index contributed by atoms with van der Waals surface area (Å²) in [6.07, 6.45) is -0.415. The third-order valence-electron chi connectivity index (χ3n) is 2.46. The number of fused-ring (bicyclic) bond motifs is 1. The van der Waals surface area contributed by atoms with Crippen LogP contribution in [0.2, 0.25) is 5.28 Å².